The number of rotatable bonds is 7. The summed E-state index contributed by atoms with van der Waals surface area (Å²) in [4.78, 5) is 43.0. The number of esters is 1. The van der Waals surface area contributed by atoms with E-state index in [9.17, 15) is 14.4 Å². The lowest BCUT2D eigenvalue weighted by atomic mass is 10.2. The van der Waals surface area contributed by atoms with Gasteiger partial charge in [0.1, 0.15) is 11.4 Å². The van der Waals surface area contributed by atoms with E-state index in [-0.39, 0.29) is 24.0 Å². The van der Waals surface area contributed by atoms with Crippen molar-refractivity contribution in [2.75, 3.05) is 11.9 Å². The molecule has 0 unspecified atom stereocenters. The number of thiophene rings is 1. The number of hydrogen-bond donors (Lipinski definition) is 1. The van der Waals surface area contributed by atoms with Crippen molar-refractivity contribution in [2.24, 2.45) is 0 Å². The summed E-state index contributed by atoms with van der Waals surface area (Å²) in [6.45, 7) is 6.11. The number of amides is 1. The number of carbonyl (C=O) groups excluding carboxylic acids is 2. The number of nitrogens with zero attached hydrogens (tertiary/aromatic N) is 2. The minimum atomic E-state index is -0.385. The first kappa shape index (κ1) is 20.7. The second kappa shape index (κ2) is 9.00. The van der Waals surface area contributed by atoms with E-state index in [0.717, 1.165) is 23.3 Å². The number of benzene rings is 1. The maximum Gasteiger partial charge on any atom is 0.338 e. The lowest BCUT2D eigenvalue weighted by molar-refractivity contribution is -0.116. The fraction of sp³-hybridized carbons (Fsp3) is 0.333. The number of anilines is 1. The number of ether oxygens (including phenoxy) is 1. The first-order chi connectivity index (χ1) is 13.9. The molecule has 2 heterocycles. The van der Waals surface area contributed by atoms with E-state index >= 15 is 0 Å². The molecule has 0 radical (unpaired) electrons. The Kier molecular flexibility index (Phi) is 6.43. The van der Waals surface area contributed by atoms with Crippen LogP contribution in [0.1, 0.15) is 40.6 Å². The van der Waals surface area contributed by atoms with E-state index in [0.29, 0.717) is 28.1 Å². The molecule has 0 bridgehead atoms. The molecule has 0 aliphatic rings. The summed E-state index contributed by atoms with van der Waals surface area (Å²) in [5.41, 5.74) is 1.63. The van der Waals surface area contributed by atoms with Gasteiger partial charge in [0, 0.05) is 10.6 Å². The molecule has 8 heteroatoms. The van der Waals surface area contributed by atoms with Crippen LogP contribution < -0.4 is 10.9 Å². The molecule has 7 nitrogen and oxygen atoms in total. The van der Waals surface area contributed by atoms with Gasteiger partial charge in [-0.2, -0.15) is 0 Å². The molecular weight excluding hydrogens is 390 g/mol. The Hall–Kier alpha value is -3.00. The first-order valence-corrected chi connectivity index (χ1v) is 10.2. The van der Waals surface area contributed by atoms with Gasteiger partial charge in [0.25, 0.3) is 5.56 Å². The van der Waals surface area contributed by atoms with E-state index in [1.165, 1.54) is 22.2 Å². The lowest BCUT2D eigenvalue weighted by Gasteiger charge is -2.08. The molecule has 3 rings (SSSR count). The molecule has 0 aliphatic carbocycles. The van der Waals surface area contributed by atoms with Gasteiger partial charge in [-0.1, -0.05) is 13.3 Å². The van der Waals surface area contributed by atoms with Gasteiger partial charge >= 0.3 is 5.97 Å². The average molecular weight is 413 g/mol. The van der Waals surface area contributed by atoms with Crippen LogP contribution in [0.15, 0.2) is 35.4 Å². The predicted octanol–water partition coefficient (Wildman–Crippen LogP) is 3.67. The summed E-state index contributed by atoms with van der Waals surface area (Å²) in [7, 11) is 0. The SMILES string of the molecule is CCCCOC(=O)c1ccc(NC(=O)Cn2cnc3sc(C)c(C)c3c2=O)cc1. The Morgan fingerprint density at radius 2 is 1.93 bits per heavy atom. The van der Waals surface area contributed by atoms with Gasteiger partial charge in [0.2, 0.25) is 5.91 Å². The second-order valence-electron chi connectivity index (χ2n) is 6.76. The van der Waals surface area contributed by atoms with Gasteiger partial charge in [-0.25, -0.2) is 9.78 Å². The number of fused-ring (bicyclic) bond motifs is 1. The lowest BCUT2D eigenvalue weighted by Crippen LogP contribution is -2.27. The van der Waals surface area contributed by atoms with Crippen molar-refractivity contribution in [3.05, 3.63) is 57.0 Å². The first-order valence-electron chi connectivity index (χ1n) is 9.43. The average Bonchev–Trinajstić information content (AvgIpc) is 2.99. The zero-order valence-corrected chi connectivity index (χ0v) is 17.5. The molecule has 1 amide bonds. The Morgan fingerprint density at radius 1 is 1.21 bits per heavy atom. The number of carbonyl (C=O) groups is 2. The number of unbranched alkanes of at least 4 members (excludes halogenated alkanes) is 1. The van der Waals surface area contributed by atoms with Crippen molar-refractivity contribution < 1.29 is 14.3 Å². The number of nitrogens with one attached hydrogen (secondary N) is 1. The van der Waals surface area contributed by atoms with Crippen molar-refractivity contribution in [3.8, 4) is 0 Å². The van der Waals surface area contributed by atoms with Crippen LogP contribution in [0.25, 0.3) is 10.2 Å². The Bertz CT molecular complexity index is 1100. The fourth-order valence-corrected chi connectivity index (χ4v) is 3.81. The zero-order chi connectivity index (χ0) is 21.0. The minimum absolute atomic E-state index is 0.142. The third-order valence-corrected chi connectivity index (χ3v) is 5.72. The third kappa shape index (κ3) is 4.71. The van der Waals surface area contributed by atoms with Gasteiger partial charge in [0.05, 0.1) is 23.9 Å². The minimum Gasteiger partial charge on any atom is -0.462 e. The van der Waals surface area contributed by atoms with Crippen molar-refractivity contribution in [2.45, 2.75) is 40.2 Å². The summed E-state index contributed by atoms with van der Waals surface area (Å²) in [5.74, 6) is -0.736. The van der Waals surface area contributed by atoms with E-state index in [1.54, 1.807) is 24.3 Å². The number of hydrogen-bond acceptors (Lipinski definition) is 6. The van der Waals surface area contributed by atoms with E-state index in [2.05, 4.69) is 10.3 Å². The molecular formula is C21H23N3O4S. The van der Waals surface area contributed by atoms with E-state index < -0.39 is 0 Å². The fourth-order valence-electron chi connectivity index (χ4n) is 2.82. The van der Waals surface area contributed by atoms with Gasteiger partial charge in [0.15, 0.2) is 0 Å². The van der Waals surface area contributed by atoms with Crippen molar-refractivity contribution >= 4 is 39.1 Å². The molecule has 0 saturated heterocycles. The van der Waals surface area contributed by atoms with Gasteiger partial charge in [-0.15, -0.1) is 11.3 Å². The van der Waals surface area contributed by atoms with Gasteiger partial charge in [-0.3, -0.25) is 14.2 Å². The summed E-state index contributed by atoms with van der Waals surface area (Å²) >= 11 is 1.47. The van der Waals surface area contributed by atoms with Crippen LogP contribution in [0.2, 0.25) is 0 Å². The Labute approximate surface area is 172 Å². The Balaban J connectivity index is 1.66. The maximum atomic E-state index is 12.7. The maximum absolute atomic E-state index is 12.7. The zero-order valence-electron chi connectivity index (χ0n) is 16.7. The third-order valence-electron chi connectivity index (χ3n) is 4.61. The normalized spacial score (nSPS) is 10.9. The highest BCUT2D eigenvalue weighted by Crippen LogP contribution is 2.25. The van der Waals surface area contributed by atoms with Crippen molar-refractivity contribution in [3.63, 3.8) is 0 Å². The molecule has 2 aromatic heterocycles. The molecule has 0 spiro atoms. The van der Waals surface area contributed by atoms with Gasteiger partial charge < -0.3 is 10.1 Å². The molecule has 0 aliphatic heterocycles. The molecule has 152 valence electrons. The second-order valence-corrected chi connectivity index (χ2v) is 7.96. The Morgan fingerprint density at radius 3 is 2.62 bits per heavy atom. The number of aryl methyl sites for hydroxylation is 2. The highest BCUT2D eigenvalue weighted by Gasteiger charge is 2.14. The molecule has 3 aromatic rings. The molecule has 0 fully saturated rings. The highest BCUT2D eigenvalue weighted by atomic mass is 32.1. The van der Waals surface area contributed by atoms with Crippen molar-refractivity contribution in [1.29, 1.82) is 0 Å². The monoisotopic (exact) mass is 413 g/mol. The molecule has 0 saturated carbocycles. The summed E-state index contributed by atoms with van der Waals surface area (Å²) in [5, 5.41) is 3.29. The largest absolute Gasteiger partial charge is 0.462 e. The predicted molar refractivity (Wildman–Crippen MR) is 114 cm³/mol. The van der Waals surface area contributed by atoms with Gasteiger partial charge in [-0.05, 0) is 50.1 Å². The molecule has 1 aromatic carbocycles. The van der Waals surface area contributed by atoms with Crippen LogP contribution in [0.4, 0.5) is 5.69 Å². The van der Waals surface area contributed by atoms with E-state index in [1.807, 2.05) is 20.8 Å². The summed E-state index contributed by atoms with van der Waals surface area (Å²) in [6, 6.07) is 6.46. The standard InChI is InChI=1S/C21H23N3O4S/c1-4-5-10-28-21(27)15-6-8-16(9-7-15)23-17(25)11-24-12-22-19-18(20(24)26)13(2)14(3)29-19/h6-9,12H,4-5,10-11H2,1-3H3,(H,23,25). The topological polar surface area (TPSA) is 90.3 Å². The van der Waals surface area contributed by atoms with Crippen LogP contribution in [0, 0.1) is 13.8 Å². The van der Waals surface area contributed by atoms with Crippen molar-refractivity contribution in [1.82, 2.24) is 9.55 Å². The molecule has 0 atom stereocenters. The highest BCUT2D eigenvalue weighted by molar-refractivity contribution is 7.18. The van der Waals surface area contributed by atoms with E-state index in [4.69, 9.17) is 4.74 Å². The quantitative estimate of drug-likeness (QED) is 0.471. The summed E-state index contributed by atoms with van der Waals surface area (Å²) in [6.07, 6.45) is 3.18. The van der Waals surface area contributed by atoms with Crippen LogP contribution in [0.3, 0.4) is 0 Å². The number of aromatic nitrogens is 2. The van der Waals surface area contributed by atoms with Crippen LogP contribution in [-0.4, -0.2) is 28.0 Å². The molecule has 1 N–H and O–H groups in total. The van der Waals surface area contributed by atoms with Crippen LogP contribution >= 0.6 is 11.3 Å². The smallest absolute Gasteiger partial charge is 0.338 e. The van der Waals surface area contributed by atoms with Crippen LogP contribution in [0.5, 0.6) is 0 Å². The molecule has 29 heavy (non-hydrogen) atoms. The van der Waals surface area contributed by atoms with Crippen LogP contribution in [-0.2, 0) is 16.1 Å². The summed E-state index contributed by atoms with van der Waals surface area (Å²) < 4.78 is 6.46.